The summed E-state index contributed by atoms with van der Waals surface area (Å²) in [7, 11) is 5.98. The van der Waals surface area contributed by atoms with Crippen molar-refractivity contribution in [2.24, 2.45) is 0 Å². The number of benzene rings is 6. The molecule has 0 aliphatic rings. The van der Waals surface area contributed by atoms with Crippen molar-refractivity contribution in [2.75, 3.05) is 28.4 Å². The van der Waals surface area contributed by atoms with Crippen molar-refractivity contribution >= 4 is 65.4 Å². The Morgan fingerprint density at radius 2 is 0.867 bits per heavy atom. The minimum atomic E-state index is -1.02. The number of aromatic carboxylic acids is 1. The topological polar surface area (TPSA) is 256 Å². The number of halogens is 1. The van der Waals surface area contributed by atoms with Crippen LogP contribution in [0.4, 0.5) is 0 Å². The molecule has 17 heteroatoms. The molecule has 2 aromatic heterocycles. The summed E-state index contributed by atoms with van der Waals surface area (Å²) in [6.45, 7) is 0. The van der Waals surface area contributed by atoms with Crippen LogP contribution in [0.15, 0.2) is 120 Å². The van der Waals surface area contributed by atoms with Gasteiger partial charge in [-0.15, -0.1) is 0 Å². The number of aromatic hydroxyl groups is 6. The Hall–Kier alpha value is -7.79. The Labute approximate surface area is 346 Å². The van der Waals surface area contributed by atoms with E-state index in [0.717, 1.165) is 11.5 Å². The van der Waals surface area contributed by atoms with Gasteiger partial charge in [0.25, 0.3) is 0 Å². The summed E-state index contributed by atoms with van der Waals surface area (Å²) in [5.74, 6) is 0.361. The molecule has 0 aliphatic heterocycles. The molecule has 0 saturated carbocycles. The lowest BCUT2D eigenvalue weighted by Gasteiger charge is -2.10. The van der Waals surface area contributed by atoms with E-state index in [1.807, 2.05) is 0 Å². The maximum absolute atomic E-state index is 12.0. The minimum Gasteiger partial charge on any atom is -0.508 e. The smallest absolute Gasteiger partial charge is 0.344 e. The van der Waals surface area contributed by atoms with Gasteiger partial charge in [0.2, 0.25) is 0 Å². The molecule has 0 aliphatic carbocycles. The van der Waals surface area contributed by atoms with Gasteiger partial charge in [0.1, 0.15) is 34.2 Å². The van der Waals surface area contributed by atoms with E-state index in [0.29, 0.717) is 54.6 Å². The largest absolute Gasteiger partial charge is 0.508 e. The van der Waals surface area contributed by atoms with Crippen LogP contribution < -0.4 is 30.2 Å². The van der Waals surface area contributed by atoms with Crippen molar-refractivity contribution in [3.05, 3.63) is 128 Å². The van der Waals surface area contributed by atoms with Gasteiger partial charge in [-0.1, -0.05) is 6.07 Å². The summed E-state index contributed by atoms with van der Waals surface area (Å²) >= 11 is 3.14. The van der Waals surface area contributed by atoms with E-state index in [1.165, 1.54) is 77.0 Å². The Morgan fingerprint density at radius 3 is 1.30 bits per heavy atom. The maximum Gasteiger partial charge on any atom is 0.344 e. The van der Waals surface area contributed by atoms with Gasteiger partial charge in [0, 0.05) is 44.2 Å². The van der Waals surface area contributed by atoms with Gasteiger partial charge in [0.05, 0.1) is 44.8 Å². The number of fused-ring (bicyclic) bond motifs is 6. The molecule has 0 unspecified atom stereocenters. The number of carboxylic acid groups (broad SMARTS) is 1. The molecular weight excluding hydrogens is 852 g/mol. The number of rotatable bonds is 5. The zero-order valence-corrected chi connectivity index (χ0v) is 33.5. The van der Waals surface area contributed by atoms with Gasteiger partial charge < -0.3 is 63.5 Å². The van der Waals surface area contributed by atoms with Crippen molar-refractivity contribution in [2.45, 2.75) is 0 Å². The molecule has 310 valence electrons. The molecule has 2 heterocycles. The van der Waals surface area contributed by atoms with E-state index in [1.54, 1.807) is 42.5 Å². The Bertz CT molecular complexity index is 2970. The molecule has 0 bridgehead atoms. The number of phenols is 6. The normalized spacial score (nSPS) is 10.4. The minimum absolute atomic E-state index is 0.0204. The van der Waals surface area contributed by atoms with Crippen LogP contribution in [0.25, 0.3) is 43.5 Å². The van der Waals surface area contributed by atoms with Crippen LogP contribution in [0, 0.1) is 0 Å². The van der Waals surface area contributed by atoms with E-state index in [9.17, 15) is 34.8 Å². The van der Waals surface area contributed by atoms with Gasteiger partial charge in [-0.2, -0.15) is 0 Å². The number of hydrogen-bond acceptors (Lipinski definition) is 15. The fourth-order valence-electron chi connectivity index (χ4n) is 5.70. The summed E-state index contributed by atoms with van der Waals surface area (Å²) in [5.41, 5.74) is -0.438. The Morgan fingerprint density at radius 1 is 0.483 bits per heavy atom. The van der Waals surface area contributed by atoms with Crippen molar-refractivity contribution in [3.8, 4) is 57.5 Å². The fraction of sp³-hybridized carbons (Fsp3) is 0.0930. The monoisotopic (exact) mass is 886 g/mol. The quantitative estimate of drug-likeness (QED) is 0.0491. The third-order valence-corrected chi connectivity index (χ3v) is 9.18. The van der Waals surface area contributed by atoms with Crippen LogP contribution in [0.5, 0.6) is 57.5 Å². The number of methoxy groups -OCH3 is 4. The van der Waals surface area contributed by atoms with Gasteiger partial charge >= 0.3 is 17.2 Å². The summed E-state index contributed by atoms with van der Waals surface area (Å²) in [5, 5.41) is 66.8. The molecule has 7 N–H and O–H groups in total. The summed E-state index contributed by atoms with van der Waals surface area (Å²) in [6, 6.07) is 23.6. The second-order valence-electron chi connectivity index (χ2n) is 12.3. The molecule has 0 amide bonds. The average molecular weight is 888 g/mol. The van der Waals surface area contributed by atoms with E-state index in [4.69, 9.17) is 43.1 Å². The SMILES string of the molecule is COc1cc(Br)c(C(=O)O)cc1OC.COc1cc2c(=O)oc3cc(O)ccc3c2cc1OC.O=c1oc2cc(O)ccc2c2cc(O)c(O)cc12.Oc1cccc(O)c1. The maximum atomic E-state index is 12.0. The number of carboxylic acids is 1. The van der Waals surface area contributed by atoms with Crippen LogP contribution in [0.2, 0.25) is 0 Å². The molecular formula is C43H35BrO16. The summed E-state index contributed by atoms with van der Waals surface area (Å²) in [4.78, 5) is 34.5. The Kier molecular flexibility index (Phi) is 13.5. The highest BCUT2D eigenvalue weighted by Gasteiger charge is 2.16. The van der Waals surface area contributed by atoms with Crippen molar-refractivity contribution < 1.29 is 68.3 Å². The second kappa shape index (κ2) is 18.6. The molecule has 8 aromatic rings. The standard InChI is InChI=1S/C15H12O5.C13H8O5.C9H9BrO4.C6H6O2/c1-18-13-6-10-9-4-3-8(16)5-12(9)20-15(17)11(10)7-14(13)19-2;14-6-1-2-7-8-4-10(15)11(16)5-9(8)13(17)18-12(7)3-6;1-13-7-3-5(9(11)12)6(10)4-8(7)14-2;7-5-2-1-3-6(8)4-5/h3-7,16H,1-2H3;1-5,14-16H;3-4H,1-2H3,(H,11,12);1-4,7-8H. The third-order valence-electron chi connectivity index (χ3n) is 8.53. The molecule has 8 rings (SSSR count). The van der Waals surface area contributed by atoms with Crippen LogP contribution in [0.1, 0.15) is 10.4 Å². The Balaban J connectivity index is 0.000000158. The molecule has 0 radical (unpaired) electrons. The molecule has 0 saturated heterocycles. The lowest BCUT2D eigenvalue weighted by atomic mass is 10.1. The molecule has 6 aromatic carbocycles. The predicted molar refractivity (Wildman–Crippen MR) is 224 cm³/mol. The van der Waals surface area contributed by atoms with Gasteiger partial charge in [0.15, 0.2) is 34.5 Å². The van der Waals surface area contributed by atoms with Gasteiger partial charge in [-0.25, -0.2) is 14.4 Å². The molecule has 16 nitrogen and oxygen atoms in total. The lowest BCUT2D eigenvalue weighted by molar-refractivity contribution is 0.0695. The van der Waals surface area contributed by atoms with Gasteiger partial charge in [-0.05, 0) is 88.7 Å². The van der Waals surface area contributed by atoms with Crippen molar-refractivity contribution in [1.82, 2.24) is 0 Å². The number of hydrogen-bond donors (Lipinski definition) is 7. The number of phenolic OH excluding ortho intramolecular Hbond substituents is 6. The summed E-state index contributed by atoms with van der Waals surface area (Å²) < 4.78 is 31.1. The first-order valence-electron chi connectivity index (χ1n) is 17.1. The third kappa shape index (κ3) is 9.66. The van der Waals surface area contributed by atoms with Crippen LogP contribution in [-0.4, -0.2) is 70.2 Å². The fourth-order valence-corrected chi connectivity index (χ4v) is 6.19. The molecule has 60 heavy (non-hydrogen) atoms. The van der Waals surface area contributed by atoms with Crippen LogP contribution in [0.3, 0.4) is 0 Å². The van der Waals surface area contributed by atoms with Gasteiger partial charge in [-0.3, -0.25) is 0 Å². The van der Waals surface area contributed by atoms with Crippen molar-refractivity contribution in [3.63, 3.8) is 0 Å². The zero-order valence-electron chi connectivity index (χ0n) is 31.9. The summed E-state index contributed by atoms with van der Waals surface area (Å²) in [6.07, 6.45) is 0. The first kappa shape index (κ1) is 43.3. The van der Waals surface area contributed by atoms with E-state index >= 15 is 0 Å². The second-order valence-corrected chi connectivity index (χ2v) is 13.1. The molecule has 0 spiro atoms. The first-order valence-corrected chi connectivity index (χ1v) is 17.9. The zero-order chi connectivity index (χ0) is 43.8. The predicted octanol–water partition coefficient (Wildman–Crippen LogP) is 7.99. The number of ether oxygens (including phenoxy) is 4. The number of carbonyl (C=O) groups is 1. The highest BCUT2D eigenvalue weighted by molar-refractivity contribution is 9.10. The van der Waals surface area contributed by atoms with Crippen LogP contribution in [-0.2, 0) is 0 Å². The molecule has 0 atom stereocenters. The highest BCUT2D eigenvalue weighted by Crippen LogP contribution is 2.36. The first-order chi connectivity index (χ1) is 28.6. The van der Waals surface area contributed by atoms with E-state index in [-0.39, 0.29) is 51.0 Å². The van der Waals surface area contributed by atoms with Crippen molar-refractivity contribution in [1.29, 1.82) is 0 Å². The van der Waals surface area contributed by atoms with E-state index in [2.05, 4.69) is 15.9 Å². The lowest BCUT2D eigenvalue weighted by Crippen LogP contribution is -2.01. The molecule has 0 fully saturated rings. The highest BCUT2D eigenvalue weighted by atomic mass is 79.9. The average Bonchev–Trinajstić information content (AvgIpc) is 3.21. The van der Waals surface area contributed by atoms with E-state index < -0.39 is 17.2 Å². The van der Waals surface area contributed by atoms with Crippen LogP contribution >= 0.6 is 15.9 Å².